The number of aliphatic hydroxyl groups is 1. The van der Waals surface area contributed by atoms with Crippen LogP contribution in [0.5, 0.6) is 5.75 Å². The van der Waals surface area contributed by atoms with Crippen molar-refractivity contribution in [2.24, 2.45) is 0 Å². The van der Waals surface area contributed by atoms with Gasteiger partial charge in [-0.2, -0.15) is 0 Å². The fraction of sp³-hybridized carbons (Fsp3) is 0.571. The van der Waals surface area contributed by atoms with Gasteiger partial charge in [0.15, 0.2) is 0 Å². The number of ether oxygens (including phenoxy) is 1. The van der Waals surface area contributed by atoms with E-state index in [-0.39, 0.29) is 24.6 Å². The summed E-state index contributed by atoms with van der Waals surface area (Å²) < 4.78 is 5.12. The number of methoxy groups -OCH3 is 1. The van der Waals surface area contributed by atoms with Crippen LogP contribution in [-0.2, 0) is 6.54 Å². The van der Waals surface area contributed by atoms with E-state index in [4.69, 9.17) is 4.74 Å². The highest BCUT2D eigenvalue weighted by Crippen LogP contribution is 2.19. The molecule has 0 bridgehead atoms. The molecule has 18 heavy (non-hydrogen) atoms. The third kappa shape index (κ3) is 4.16. The summed E-state index contributed by atoms with van der Waals surface area (Å²) in [5.41, 5.74) is 1.23. The zero-order chi connectivity index (χ0) is 12.1. The molecule has 1 aromatic rings. The quantitative estimate of drug-likeness (QED) is 0.884. The van der Waals surface area contributed by atoms with Crippen LogP contribution in [0.3, 0.4) is 0 Å². The molecule has 1 aromatic carbocycles. The zero-order valence-electron chi connectivity index (χ0n) is 10.8. The Kier molecular flexibility index (Phi) is 6.47. The van der Waals surface area contributed by atoms with Crippen molar-refractivity contribution in [3.8, 4) is 5.75 Å². The van der Waals surface area contributed by atoms with Gasteiger partial charge in [-0.05, 0) is 30.5 Å². The molecule has 0 spiro atoms. The zero-order valence-corrected chi connectivity index (χ0v) is 11.6. The molecular weight excluding hydrogens is 250 g/mol. The first-order chi connectivity index (χ1) is 8.29. The molecule has 0 aromatic heterocycles. The van der Waals surface area contributed by atoms with E-state index in [1.54, 1.807) is 7.11 Å². The Bertz CT molecular complexity index is 342. The Morgan fingerprint density at radius 1 is 1.22 bits per heavy atom. The summed E-state index contributed by atoms with van der Waals surface area (Å²) in [6.07, 6.45) is 4.21. The van der Waals surface area contributed by atoms with Gasteiger partial charge in [0.1, 0.15) is 5.75 Å². The van der Waals surface area contributed by atoms with E-state index in [0.29, 0.717) is 0 Å². The van der Waals surface area contributed by atoms with Gasteiger partial charge in [0.25, 0.3) is 0 Å². The minimum absolute atomic E-state index is 0. The first kappa shape index (κ1) is 15.3. The molecule has 0 radical (unpaired) electrons. The maximum atomic E-state index is 9.85. The summed E-state index contributed by atoms with van der Waals surface area (Å²) in [6.45, 7) is 0.811. The summed E-state index contributed by atoms with van der Waals surface area (Å²) in [7, 11) is 1.67. The fourth-order valence-electron chi connectivity index (χ4n) is 2.34. The number of aliphatic hydroxyl groups excluding tert-OH is 1. The molecule has 0 amide bonds. The smallest absolute Gasteiger partial charge is 0.118 e. The number of rotatable bonds is 4. The normalized spacial score (nSPS) is 23.2. The highest BCUT2D eigenvalue weighted by molar-refractivity contribution is 5.85. The summed E-state index contributed by atoms with van der Waals surface area (Å²) >= 11 is 0. The lowest BCUT2D eigenvalue weighted by molar-refractivity contribution is 0.0902. The van der Waals surface area contributed by atoms with E-state index >= 15 is 0 Å². The van der Waals surface area contributed by atoms with Crippen LogP contribution < -0.4 is 10.1 Å². The van der Waals surface area contributed by atoms with Gasteiger partial charge in [-0.1, -0.05) is 25.0 Å². The van der Waals surface area contributed by atoms with E-state index in [1.165, 1.54) is 12.0 Å². The lowest BCUT2D eigenvalue weighted by Gasteiger charge is -2.28. The maximum absolute atomic E-state index is 9.85. The highest BCUT2D eigenvalue weighted by atomic mass is 35.5. The van der Waals surface area contributed by atoms with E-state index < -0.39 is 0 Å². The molecular formula is C14H22ClNO2. The molecule has 1 fully saturated rings. The SMILES string of the molecule is COc1ccc(CN[C@@H]2CCCC[C@@H]2O)cc1.Cl. The van der Waals surface area contributed by atoms with Crippen LogP contribution in [0.1, 0.15) is 31.2 Å². The number of nitrogens with one attached hydrogen (secondary N) is 1. The van der Waals surface area contributed by atoms with Crippen molar-refractivity contribution in [1.82, 2.24) is 5.32 Å². The molecule has 1 saturated carbocycles. The standard InChI is InChI=1S/C14H21NO2.ClH/c1-17-12-8-6-11(7-9-12)10-15-13-4-2-3-5-14(13)16;/h6-9,13-16H,2-5,10H2,1H3;1H/t13-,14+;/m1./s1. The van der Waals surface area contributed by atoms with Crippen molar-refractivity contribution < 1.29 is 9.84 Å². The van der Waals surface area contributed by atoms with Gasteiger partial charge in [0, 0.05) is 12.6 Å². The molecule has 2 atom stereocenters. The minimum atomic E-state index is -0.179. The molecule has 0 saturated heterocycles. The second-order valence-electron chi connectivity index (χ2n) is 4.69. The van der Waals surface area contributed by atoms with Gasteiger partial charge in [-0.3, -0.25) is 0 Å². The van der Waals surface area contributed by atoms with E-state index in [0.717, 1.165) is 31.6 Å². The Morgan fingerprint density at radius 3 is 2.50 bits per heavy atom. The van der Waals surface area contributed by atoms with Crippen LogP contribution in [-0.4, -0.2) is 24.4 Å². The molecule has 102 valence electrons. The van der Waals surface area contributed by atoms with E-state index in [1.807, 2.05) is 12.1 Å². The first-order valence-electron chi connectivity index (χ1n) is 6.34. The van der Waals surface area contributed by atoms with Crippen LogP contribution in [0.2, 0.25) is 0 Å². The van der Waals surface area contributed by atoms with Gasteiger partial charge in [-0.15, -0.1) is 12.4 Å². The first-order valence-corrected chi connectivity index (χ1v) is 6.34. The van der Waals surface area contributed by atoms with Crippen LogP contribution in [0.15, 0.2) is 24.3 Å². The Labute approximate surface area is 115 Å². The Balaban J connectivity index is 0.00000162. The van der Waals surface area contributed by atoms with Crippen molar-refractivity contribution in [3.05, 3.63) is 29.8 Å². The molecule has 3 nitrogen and oxygen atoms in total. The molecule has 0 aliphatic heterocycles. The molecule has 1 aliphatic rings. The topological polar surface area (TPSA) is 41.5 Å². The van der Waals surface area contributed by atoms with Crippen molar-refractivity contribution in [2.45, 2.75) is 44.4 Å². The highest BCUT2D eigenvalue weighted by Gasteiger charge is 2.21. The molecule has 1 aliphatic carbocycles. The predicted molar refractivity (Wildman–Crippen MR) is 75.3 cm³/mol. The summed E-state index contributed by atoms with van der Waals surface area (Å²) in [5, 5.41) is 13.3. The lowest BCUT2D eigenvalue weighted by Crippen LogP contribution is -2.41. The molecule has 4 heteroatoms. The van der Waals surface area contributed by atoms with Crippen molar-refractivity contribution in [3.63, 3.8) is 0 Å². The number of hydrogen-bond acceptors (Lipinski definition) is 3. The van der Waals surface area contributed by atoms with Gasteiger partial charge in [0.2, 0.25) is 0 Å². The van der Waals surface area contributed by atoms with Crippen molar-refractivity contribution in [1.29, 1.82) is 0 Å². The average Bonchev–Trinajstić information content (AvgIpc) is 2.38. The summed E-state index contributed by atoms with van der Waals surface area (Å²) in [5.74, 6) is 0.881. The average molecular weight is 272 g/mol. The summed E-state index contributed by atoms with van der Waals surface area (Å²) in [4.78, 5) is 0. The second-order valence-corrected chi connectivity index (χ2v) is 4.69. The number of halogens is 1. The second kappa shape index (κ2) is 7.62. The van der Waals surface area contributed by atoms with Crippen LogP contribution in [0.4, 0.5) is 0 Å². The van der Waals surface area contributed by atoms with Crippen LogP contribution >= 0.6 is 12.4 Å². The van der Waals surface area contributed by atoms with E-state index in [2.05, 4.69) is 17.4 Å². The molecule has 0 heterocycles. The minimum Gasteiger partial charge on any atom is -0.497 e. The predicted octanol–water partition coefficient (Wildman–Crippen LogP) is 2.51. The third-order valence-corrected chi connectivity index (χ3v) is 3.46. The number of benzene rings is 1. The Hall–Kier alpha value is -0.770. The van der Waals surface area contributed by atoms with Gasteiger partial charge < -0.3 is 15.2 Å². The van der Waals surface area contributed by atoms with Gasteiger partial charge in [-0.25, -0.2) is 0 Å². The largest absolute Gasteiger partial charge is 0.497 e. The molecule has 2 N–H and O–H groups in total. The molecule has 0 unspecified atom stereocenters. The lowest BCUT2D eigenvalue weighted by atomic mass is 9.92. The summed E-state index contributed by atoms with van der Waals surface area (Å²) in [6, 6.07) is 8.30. The van der Waals surface area contributed by atoms with Crippen LogP contribution in [0.25, 0.3) is 0 Å². The van der Waals surface area contributed by atoms with Crippen molar-refractivity contribution >= 4 is 12.4 Å². The van der Waals surface area contributed by atoms with Crippen LogP contribution in [0, 0.1) is 0 Å². The number of hydrogen-bond donors (Lipinski definition) is 2. The van der Waals surface area contributed by atoms with E-state index in [9.17, 15) is 5.11 Å². The third-order valence-electron chi connectivity index (χ3n) is 3.46. The fourth-order valence-corrected chi connectivity index (χ4v) is 2.34. The van der Waals surface area contributed by atoms with Gasteiger partial charge in [0.05, 0.1) is 13.2 Å². The van der Waals surface area contributed by atoms with Crippen molar-refractivity contribution in [2.75, 3.05) is 7.11 Å². The van der Waals surface area contributed by atoms with Gasteiger partial charge >= 0.3 is 0 Å². The monoisotopic (exact) mass is 271 g/mol. The maximum Gasteiger partial charge on any atom is 0.118 e. The molecule has 2 rings (SSSR count). The Morgan fingerprint density at radius 2 is 1.89 bits per heavy atom.